The zero-order chi connectivity index (χ0) is 16.3. The molecule has 0 saturated heterocycles. The maximum Gasteiger partial charge on any atom is 0.336 e. The number of carboxylic acids is 1. The molecule has 0 saturated carbocycles. The molecule has 1 unspecified atom stereocenters. The number of carbonyl (C=O) groups excluding carboxylic acids is 1. The summed E-state index contributed by atoms with van der Waals surface area (Å²) in [6.07, 6.45) is 0. The van der Waals surface area contributed by atoms with E-state index in [0.29, 0.717) is 4.47 Å². The Labute approximate surface area is 135 Å². The minimum absolute atomic E-state index is 0.0158. The van der Waals surface area contributed by atoms with Gasteiger partial charge in [-0.15, -0.1) is 0 Å². The monoisotopic (exact) mass is 365 g/mol. The van der Waals surface area contributed by atoms with Crippen LogP contribution in [0.25, 0.3) is 0 Å². The van der Waals surface area contributed by atoms with Crippen LogP contribution < -0.4 is 5.32 Å². The molecule has 22 heavy (non-hydrogen) atoms. The Morgan fingerprint density at radius 2 is 1.82 bits per heavy atom. The largest absolute Gasteiger partial charge is 0.478 e. The van der Waals surface area contributed by atoms with Crippen LogP contribution in [0.3, 0.4) is 0 Å². The minimum atomic E-state index is -1.12. The summed E-state index contributed by atoms with van der Waals surface area (Å²) in [6.45, 7) is 1.77. The van der Waals surface area contributed by atoms with E-state index in [1.165, 1.54) is 30.3 Å². The molecule has 0 aliphatic heterocycles. The van der Waals surface area contributed by atoms with Gasteiger partial charge in [0.15, 0.2) is 0 Å². The molecule has 0 bridgehead atoms. The van der Waals surface area contributed by atoms with Gasteiger partial charge in [0, 0.05) is 10.0 Å². The number of aromatic carboxylic acids is 1. The van der Waals surface area contributed by atoms with Crippen LogP contribution in [0.2, 0.25) is 0 Å². The highest BCUT2D eigenvalue weighted by Crippen LogP contribution is 2.19. The van der Waals surface area contributed by atoms with Crippen LogP contribution in [0, 0.1) is 5.82 Å². The Balaban J connectivity index is 2.16. The third kappa shape index (κ3) is 3.71. The van der Waals surface area contributed by atoms with Gasteiger partial charge in [-0.25, -0.2) is 9.18 Å². The molecule has 0 aliphatic rings. The molecule has 2 N–H and O–H groups in total. The number of hydrogen-bond donors (Lipinski definition) is 2. The molecule has 1 amide bonds. The maximum absolute atomic E-state index is 12.9. The van der Waals surface area contributed by atoms with Gasteiger partial charge < -0.3 is 10.4 Å². The molecule has 0 aliphatic carbocycles. The fourth-order valence-electron chi connectivity index (χ4n) is 1.95. The normalized spacial score (nSPS) is 11.8. The molecule has 0 spiro atoms. The van der Waals surface area contributed by atoms with Crippen LogP contribution in [0.5, 0.6) is 0 Å². The van der Waals surface area contributed by atoms with Crippen LogP contribution in [0.4, 0.5) is 4.39 Å². The van der Waals surface area contributed by atoms with Crippen LogP contribution in [0.15, 0.2) is 46.9 Å². The van der Waals surface area contributed by atoms with E-state index in [1.54, 1.807) is 19.1 Å². The molecular weight excluding hydrogens is 353 g/mol. The summed E-state index contributed by atoms with van der Waals surface area (Å²) in [4.78, 5) is 23.3. The number of nitrogens with one attached hydrogen (secondary N) is 1. The molecule has 2 rings (SSSR count). The maximum atomic E-state index is 12.9. The SMILES string of the molecule is CC(NC(=O)c1ccc(Br)c(C(=O)O)c1)c1ccc(F)cc1. The van der Waals surface area contributed by atoms with Crippen molar-refractivity contribution in [1.29, 1.82) is 0 Å². The molecule has 6 heteroatoms. The number of halogens is 2. The Morgan fingerprint density at radius 3 is 2.41 bits per heavy atom. The zero-order valence-corrected chi connectivity index (χ0v) is 13.2. The first-order valence-electron chi connectivity index (χ1n) is 6.47. The van der Waals surface area contributed by atoms with Crippen molar-refractivity contribution in [3.05, 3.63) is 69.4 Å². The topological polar surface area (TPSA) is 66.4 Å². The Kier molecular flexibility index (Phi) is 4.92. The third-order valence-electron chi connectivity index (χ3n) is 3.18. The van der Waals surface area contributed by atoms with Crippen LogP contribution >= 0.6 is 15.9 Å². The molecule has 0 aromatic heterocycles. The van der Waals surface area contributed by atoms with Crippen molar-refractivity contribution in [1.82, 2.24) is 5.32 Å². The number of hydrogen-bond acceptors (Lipinski definition) is 2. The van der Waals surface area contributed by atoms with E-state index in [9.17, 15) is 14.0 Å². The lowest BCUT2D eigenvalue weighted by Gasteiger charge is -2.14. The van der Waals surface area contributed by atoms with Crippen molar-refractivity contribution in [2.24, 2.45) is 0 Å². The zero-order valence-electron chi connectivity index (χ0n) is 11.6. The summed E-state index contributed by atoms with van der Waals surface area (Å²) >= 11 is 3.13. The van der Waals surface area contributed by atoms with E-state index in [0.717, 1.165) is 5.56 Å². The van der Waals surface area contributed by atoms with Crippen LogP contribution in [0.1, 0.15) is 39.2 Å². The molecule has 4 nitrogen and oxygen atoms in total. The summed E-state index contributed by atoms with van der Waals surface area (Å²) in [5, 5.41) is 11.8. The Hall–Kier alpha value is -2.21. The molecule has 0 radical (unpaired) electrons. The predicted molar refractivity (Wildman–Crippen MR) is 83.4 cm³/mol. The molecule has 114 valence electrons. The number of amides is 1. The Bertz CT molecular complexity index is 716. The van der Waals surface area contributed by atoms with Gasteiger partial charge in [0.1, 0.15) is 5.82 Å². The van der Waals surface area contributed by atoms with Gasteiger partial charge in [-0.3, -0.25) is 4.79 Å². The summed E-state index contributed by atoms with van der Waals surface area (Å²) < 4.78 is 13.3. The number of carboxylic acid groups (broad SMARTS) is 1. The van der Waals surface area contributed by atoms with E-state index in [-0.39, 0.29) is 23.0 Å². The third-order valence-corrected chi connectivity index (χ3v) is 3.87. The van der Waals surface area contributed by atoms with Crippen LogP contribution in [-0.2, 0) is 0 Å². The van der Waals surface area contributed by atoms with Gasteiger partial charge in [-0.2, -0.15) is 0 Å². The number of carbonyl (C=O) groups is 2. The second-order valence-electron chi connectivity index (χ2n) is 4.75. The van der Waals surface area contributed by atoms with E-state index in [1.807, 2.05) is 0 Å². The van der Waals surface area contributed by atoms with Crippen molar-refractivity contribution in [2.45, 2.75) is 13.0 Å². The highest BCUT2D eigenvalue weighted by Gasteiger charge is 2.15. The first-order valence-corrected chi connectivity index (χ1v) is 7.27. The molecule has 2 aromatic rings. The van der Waals surface area contributed by atoms with Crippen molar-refractivity contribution < 1.29 is 19.1 Å². The Morgan fingerprint density at radius 1 is 1.18 bits per heavy atom. The minimum Gasteiger partial charge on any atom is -0.478 e. The second kappa shape index (κ2) is 6.70. The molecular formula is C16H13BrFNO3. The average Bonchev–Trinajstić information content (AvgIpc) is 2.47. The number of rotatable bonds is 4. The molecule has 2 aromatic carbocycles. The van der Waals surface area contributed by atoms with E-state index >= 15 is 0 Å². The van der Waals surface area contributed by atoms with Gasteiger partial charge in [-0.1, -0.05) is 12.1 Å². The van der Waals surface area contributed by atoms with E-state index in [2.05, 4.69) is 21.2 Å². The van der Waals surface area contributed by atoms with Gasteiger partial charge >= 0.3 is 5.97 Å². The van der Waals surface area contributed by atoms with Crippen molar-refractivity contribution in [2.75, 3.05) is 0 Å². The highest BCUT2D eigenvalue weighted by atomic mass is 79.9. The molecule has 0 fully saturated rings. The van der Waals surface area contributed by atoms with E-state index in [4.69, 9.17) is 5.11 Å². The van der Waals surface area contributed by atoms with Gasteiger partial charge in [0.05, 0.1) is 11.6 Å². The van der Waals surface area contributed by atoms with Gasteiger partial charge in [0.25, 0.3) is 5.91 Å². The first kappa shape index (κ1) is 16.2. The summed E-state index contributed by atoms with van der Waals surface area (Å²) in [5.41, 5.74) is 1.02. The molecule has 0 heterocycles. The summed E-state index contributed by atoms with van der Waals surface area (Å²) in [5.74, 6) is -1.86. The quantitative estimate of drug-likeness (QED) is 0.866. The predicted octanol–water partition coefficient (Wildman–Crippen LogP) is 3.78. The van der Waals surface area contributed by atoms with Crippen molar-refractivity contribution >= 4 is 27.8 Å². The fraction of sp³-hybridized carbons (Fsp3) is 0.125. The highest BCUT2D eigenvalue weighted by molar-refractivity contribution is 9.10. The van der Waals surface area contributed by atoms with Crippen LogP contribution in [-0.4, -0.2) is 17.0 Å². The lowest BCUT2D eigenvalue weighted by molar-refractivity contribution is 0.0696. The van der Waals surface area contributed by atoms with E-state index < -0.39 is 11.9 Å². The second-order valence-corrected chi connectivity index (χ2v) is 5.60. The lowest BCUT2D eigenvalue weighted by atomic mass is 10.1. The lowest BCUT2D eigenvalue weighted by Crippen LogP contribution is -2.26. The fourth-order valence-corrected chi connectivity index (χ4v) is 2.36. The van der Waals surface area contributed by atoms with Crippen molar-refractivity contribution in [3.8, 4) is 0 Å². The van der Waals surface area contributed by atoms with Gasteiger partial charge in [-0.05, 0) is 58.7 Å². The summed E-state index contributed by atoms with van der Waals surface area (Å²) in [7, 11) is 0. The average molecular weight is 366 g/mol. The summed E-state index contributed by atoms with van der Waals surface area (Å²) in [6, 6.07) is 9.84. The van der Waals surface area contributed by atoms with Crippen molar-refractivity contribution in [3.63, 3.8) is 0 Å². The molecule has 1 atom stereocenters. The smallest absolute Gasteiger partial charge is 0.336 e. The standard InChI is InChI=1S/C16H13BrFNO3/c1-9(10-2-5-12(18)6-3-10)19-15(20)11-4-7-14(17)13(8-11)16(21)22/h2-9H,1H3,(H,19,20)(H,21,22). The van der Waals surface area contributed by atoms with Gasteiger partial charge in [0.2, 0.25) is 0 Å². The number of benzene rings is 2. The first-order chi connectivity index (χ1) is 10.4.